The number of aromatic nitrogens is 3. The molecule has 1 atom stereocenters. The van der Waals surface area contributed by atoms with E-state index in [1.165, 1.54) is 41.0 Å². The van der Waals surface area contributed by atoms with E-state index in [0.717, 1.165) is 82.4 Å². The van der Waals surface area contributed by atoms with E-state index in [1.54, 1.807) is 0 Å². The number of piperidine rings is 2. The monoisotopic (exact) mass is 887 g/mol. The van der Waals surface area contributed by atoms with Gasteiger partial charge in [0.15, 0.2) is 5.82 Å². The highest BCUT2D eigenvalue weighted by atomic mass is 19.1. The number of aromatic hydroxyl groups is 1. The van der Waals surface area contributed by atoms with E-state index >= 15 is 8.78 Å². The zero-order chi connectivity index (χ0) is 45.8. The fraction of sp³-hybridized carbons (Fsp3) is 0.460. The molecule has 1 aliphatic carbocycles. The molecule has 1 saturated carbocycles. The number of nitrogens with zero attached hydrogens (tertiary/aromatic N) is 7. The Bertz CT molecular complexity index is 2580. The first-order valence-corrected chi connectivity index (χ1v) is 22.8. The van der Waals surface area contributed by atoms with Gasteiger partial charge in [0.05, 0.1) is 24.1 Å². The predicted octanol–water partition coefficient (Wildman–Crippen LogP) is 6.68. The lowest BCUT2D eigenvalue weighted by molar-refractivity contribution is -0.127. The van der Waals surface area contributed by atoms with E-state index in [0.29, 0.717) is 67.6 Å². The van der Waals surface area contributed by atoms with Crippen molar-refractivity contribution in [2.75, 3.05) is 64.4 Å². The maximum absolute atomic E-state index is 17.1. The van der Waals surface area contributed by atoms with Gasteiger partial charge in [-0.3, -0.25) is 25.0 Å². The molecule has 2 aliphatic heterocycles. The Kier molecular flexibility index (Phi) is 13.8. The topological polar surface area (TPSA) is 139 Å². The van der Waals surface area contributed by atoms with Crippen molar-refractivity contribution >= 4 is 40.3 Å². The van der Waals surface area contributed by atoms with E-state index in [9.17, 15) is 14.7 Å². The van der Waals surface area contributed by atoms with Gasteiger partial charge in [-0.1, -0.05) is 30.2 Å². The minimum atomic E-state index is -0.752. The SMILES string of the molecule is C#Cc1c(F)ccc2cc(O)cc(-c3ncc4c(N(CC)CC(C)NC)nc(OCC5(CN6CCC(N7CCC(c8ccc(C)c(CN(C=O)NC=O)c8)CC7)CC6)CC5)nc4c3F)c12. The first-order chi connectivity index (χ1) is 31.5. The minimum absolute atomic E-state index is 0.00912. The van der Waals surface area contributed by atoms with Crippen molar-refractivity contribution in [3.8, 4) is 35.4 Å². The number of aryl methyl sites for hydroxylation is 1. The lowest BCUT2D eigenvalue weighted by atomic mass is 9.86. The number of phenols is 1. The number of carbonyl (C=O) groups is 2. The number of carbonyl (C=O) groups excluding carboxylic acids is 2. The number of terminal acetylenes is 1. The van der Waals surface area contributed by atoms with E-state index in [-0.39, 0.29) is 50.9 Å². The summed E-state index contributed by atoms with van der Waals surface area (Å²) in [6, 6.07) is 12.8. The van der Waals surface area contributed by atoms with Gasteiger partial charge in [0.1, 0.15) is 28.6 Å². The number of benzene rings is 3. The summed E-state index contributed by atoms with van der Waals surface area (Å²) in [7, 11) is 1.89. The molecule has 3 N–H and O–H groups in total. The maximum Gasteiger partial charge on any atom is 0.319 e. The molecule has 5 aromatic rings. The number of pyridine rings is 1. The third kappa shape index (κ3) is 9.85. The molecule has 2 aromatic heterocycles. The number of ether oxygens (including phenoxy) is 1. The van der Waals surface area contributed by atoms with Crippen LogP contribution in [0.2, 0.25) is 0 Å². The number of rotatable bonds is 18. The van der Waals surface area contributed by atoms with Gasteiger partial charge in [-0.25, -0.2) is 8.78 Å². The van der Waals surface area contributed by atoms with Crippen LogP contribution in [0.5, 0.6) is 11.8 Å². The lowest BCUT2D eigenvalue weighted by Crippen LogP contribution is -2.48. The molecule has 3 fully saturated rings. The molecule has 2 saturated heterocycles. The highest BCUT2D eigenvalue weighted by Gasteiger charge is 2.46. The number of likely N-dealkylation sites (tertiary alicyclic amines) is 2. The molecule has 15 heteroatoms. The van der Waals surface area contributed by atoms with Crippen LogP contribution < -0.4 is 20.4 Å². The molecule has 3 aromatic carbocycles. The molecule has 65 heavy (non-hydrogen) atoms. The Morgan fingerprint density at radius 3 is 2.51 bits per heavy atom. The van der Waals surface area contributed by atoms with Crippen molar-refractivity contribution in [2.45, 2.75) is 83.8 Å². The van der Waals surface area contributed by atoms with Crippen LogP contribution >= 0.6 is 0 Å². The van der Waals surface area contributed by atoms with Crippen molar-refractivity contribution in [3.63, 3.8) is 0 Å². The van der Waals surface area contributed by atoms with Crippen LogP contribution in [0.1, 0.15) is 80.5 Å². The largest absolute Gasteiger partial charge is 0.508 e. The summed E-state index contributed by atoms with van der Waals surface area (Å²) in [6.07, 6.45) is 14.8. The van der Waals surface area contributed by atoms with Crippen molar-refractivity contribution in [1.29, 1.82) is 0 Å². The smallest absolute Gasteiger partial charge is 0.319 e. The average Bonchev–Trinajstić information content (AvgIpc) is 4.09. The number of halogens is 2. The first-order valence-electron chi connectivity index (χ1n) is 22.8. The van der Waals surface area contributed by atoms with Gasteiger partial charge in [-0.05, 0) is 139 Å². The Hall–Kier alpha value is -5.95. The fourth-order valence-electron chi connectivity index (χ4n) is 9.79. The Balaban J connectivity index is 0.946. The maximum atomic E-state index is 17.1. The molecule has 13 nitrogen and oxygen atoms in total. The van der Waals surface area contributed by atoms with Crippen molar-refractivity contribution in [2.24, 2.45) is 5.41 Å². The molecule has 0 radical (unpaired) electrons. The van der Waals surface area contributed by atoms with Crippen LogP contribution in [0.15, 0.2) is 48.7 Å². The molecular weight excluding hydrogens is 829 g/mol. The standard InChI is InChI=1S/C50H59F2N9O4/c1-6-40-43(51)11-10-36-23-39(64)24-41(44(36)40)46-45(52)47-42(25-54-46)48(59(7-2)26-33(4)53-5)57-49(56-47)65-29-50(16-17-50)28-58-18-14-38(15-19-58)60-20-12-34(13-21-60)35-9-8-32(3)37(22-35)27-61(31-63)55-30-62/h1,8-11,22-25,30-31,33-34,38,53,64H,7,12-21,26-29H2,2-5H3,(H,55,62). The highest BCUT2D eigenvalue weighted by molar-refractivity contribution is 6.03. The van der Waals surface area contributed by atoms with E-state index < -0.39 is 11.6 Å². The number of hydrogen-bond donors (Lipinski definition) is 3. The van der Waals surface area contributed by atoms with Gasteiger partial charge in [-0.2, -0.15) is 9.97 Å². The normalized spacial score (nSPS) is 17.4. The lowest BCUT2D eigenvalue weighted by Gasteiger charge is -2.42. The number of anilines is 1. The Morgan fingerprint density at radius 2 is 1.83 bits per heavy atom. The van der Waals surface area contributed by atoms with Crippen molar-refractivity contribution < 1.29 is 28.2 Å². The second-order valence-corrected chi connectivity index (χ2v) is 18.2. The second-order valence-electron chi connectivity index (χ2n) is 18.2. The summed E-state index contributed by atoms with van der Waals surface area (Å²) < 4.78 is 38.5. The van der Waals surface area contributed by atoms with Gasteiger partial charge >= 0.3 is 6.01 Å². The molecule has 0 bridgehead atoms. The molecule has 342 valence electrons. The second kappa shape index (κ2) is 19.7. The number of phenolic OH excluding ortho intramolecular Hbond substituents is 1. The predicted molar refractivity (Wildman–Crippen MR) is 248 cm³/mol. The zero-order valence-corrected chi connectivity index (χ0v) is 37.7. The molecular formula is C50H59F2N9O4. The molecule has 1 unspecified atom stereocenters. The van der Waals surface area contributed by atoms with Crippen LogP contribution in [0.25, 0.3) is 32.9 Å². The molecule has 4 heterocycles. The minimum Gasteiger partial charge on any atom is -0.508 e. The summed E-state index contributed by atoms with van der Waals surface area (Å²) in [6.45, 7) is 13.0. The number of fused-ring (bicyclic) bond motifs is 2. The zero-order valence-electron chi connectivity index (χ0n) is 37.7. The molecule has 2 amide bonds. The number of amides is 2. The van der Waals surface area contributed by atoms with Crippen LogP contribution in [0, 0.1) is 36.3 Å². The third-order valence-corrected chi connectivity index (χ3v) is 13.9. The number of likely N-dealkylation sites (N-methyl/N-ethyl adjacent to an activating group) is 2. The fourth-order valence-corrected chi connectivity index (χ4v) is 9.79. The van der Waals surface area contributed by atoms with Crippen LogP contribution in [0.3, 0.4) is 0 Å². The summed E-state index contributed by atoms with van der Waals surface area (Å²) in [5.41, 5.74) is 5.80. The van der Waals surface area contributed by atoms with E-state index in [4.69, 9.17) is 16.1 Å². The van der Waals surface area contributed by atoms with Crippen LogP contribution in [-0.2, 0) is 16.1 Å². The van der Waals surface area contributed by atoms with Gasteiger partial charge in [-0.15, -0.1) is 6.42 Å². The summed E-state index contributed by atoms with van der Waals surface area (Å²) in [5, 5.41) is 16.3. The van der Waals surface area contributed by atoms with Gasteiger partial charge in [0.25, 0.3) is 0 Å². The summed E-state index contributed by atoms with van der Waals surface area (Å²) in [4.78, 5) is 43.7. The highest BCUT2D eigenvalue weighted by Crippen LogP contribution is 2.47. The summed E-state index contributed by atoms with van der Waals surface area (Å²) in [5.74, 6) is 1.83. The molecule has 3 aliphatic rings. The van der Waals surface area contributed by atoms with E-state index in [2.05, 4.69) is 61.6 Å². The van der Waals surface area contributed by atoms with Gasteiger partial charge < -0.3 is 29.9 Å². The van der Waals surface area contributed by atoms with Crippen LogP contribution in [-0.4, -0.2) is 119 Å². The Morgan fingerprint density at radius 1 is 1.06 bits per heavy atom. The third-order valence-electron chi connectivity index (χ3n) is 13.9. The number of nitrogens with one attached hydrogen (secondary N) is 2. The van der Waals surface area contributed by atoms with Crippen molar-refractivity contribution in [1.82, 2.24) is 40.5 Å². The van der Waals surface area contributed by atoms with E-state index in [1.807, 2.05) is 25.8 Å². The number of hydrogen-bond acceptors (Lipinski definition) is 11. The Labute approximate surface area is 379 Å². The first kappa shape index (κ1) is 45.6. The van der Waals surface area contributed by atoms with Gasteiger partial charge in [0, 0.05) is 54.3 Å². The molecule has 0 spiro atoms. The average molecular weight is 888 g/mol. The van der Waals surface area contributed by atoms with Gasteiger partial charge in [0.2, 0.25) is 12.8 Å². The number of hydrazine groups is 1. The van der Waals surface area contributed by atoms with Crippen LogP contribution in [0.4, 0.5) is 14.6 Å². The van der Waals surface area contributed by atoms with Crippen molar-refractivity contribution in [3.05, 3.63) is 82.5 Å². The summed E-state index contributed by atoms with van der Waals surface area (Å²) >= 11 is 0. The quantitative estimate of drug-likeness (QED) is 0.0494. The molecule has 8 rings (SSSR count).